The Labute approximate surface area is 156 Å². The molecule has 0 spiro atoms. The van der Waals surface area contributed by atoms with Crippen LogP contribution in [0.15, 0.2) is 57.6 Å². The summed E-state index contributed by atoms with van der Waals surface area (Å²) in [7, 11) is 0. The first-order valence-corrected chi connectivity index (χ1v) is 8.70. The van der Waals surface area contributed by atoms with Crippen LogP contribution in [0, 0.1) is 13.8 Å². The van der Waals surface area contributed by atoms with Crippen molar-refractivity contribution in [1.29, 1.82) is 0 Å². The first kappa shape index (κ1) is 18.9. The van der Waals surface area contributed by atoms with E-state index in [-0.39, 0.29) is 12.5 Å². The highest BCUT2D eigenvalue weighted by atomic mass is 79.9. The van der Waals surface area contributed by atoms with Crippen LogP contribution in [-0.4, -0.2) is 18.7 Å². The van der Waals surface area contributed by atoms with Gasteiger partial charge in [0.2, 0.25) is 0 Å². The maximum atomic E-state index is 11.9. The Bertz CT molecular complexity index is 776. The molecule has 0 fully saturated rings. The second-order valence-corrected chi connectivity index (χ2v) is 6.63. The molecular formula is C20H21BrN2O2. The van der Waals surface area contributed by atoms with Crippen LogP contribution < -0.4 is 10.2 Å². The van der Waals surface area contributed by atoms with E-state index in [2.05, 4.69) is 26.5 Å². The van der Waals surface area contributed by atoms with Gasteiger partial charge < -0.3 is 4.74 Å². The minimum absolute atomic E-state index is 0.0959. The third-order valence-electron chi connectivity index (χ3n) is 3.37. The summed E-state index contributed by atoms with van der Waals surface area (Å²) in [5, 5.41) is 3.95. The van der Waals surface area contributed by atoms with Gasteiger partial charge in [0.05, 0.1) is 10.7 Å². The van der Waals surface area contributed by atoms with Crippen LogP contribution in [-0.2, 0) is 4.79 Å². The minimum Gasteiger partial charge on any atom is -0.482 e. The molecule has 25 heavy (non-hydrogen) atoms. The summed E-state index contributed by atoms with van der Waals surface area (Å²) in [6.45, 7) is 5.78. The van der Waals surface area contributed by atoms with Crippen molar-refractivity contribution < 1.29 is 9.53 Å². The molecule has 0 aliphatic rings. The molecule has 2 aromatic carbocycles. The predicted molar refractivity (Wildman–Crippen MR) is 106 cm³/mol. The van der Waals surface area contributed by atoms with Crippen molar-refractivity contribution in [3.63, 3.8) is 0 Å². The Balaban J connectivity index is 1.86. The summed E-state index contributed by atoms with van der Waals surface area (Å²) >= 11 is 3.46. The number of nitrogens with one attached hydrogen (secondary N) is 1. The van der Waals surface area contributed by atoms with Gasteiger partial charge in [0.15, 0.2) is 6.61 Å². The Morgan fingerprint density at radius 2 is 1.96 bits per heavy atom. The van der Waals surface area contributed by atoms with E-state index in [0.29, 0.717) is 5.75 Å². The van der Waals surface area contributed by atoms with Crippen molar-refractivity contribution in [2.45, 2.75) is 20.8 Å². The molecule has 0 aliphatic heterocycles. The number of rotatable bonds is 6. The van der Waals surface area contributed by atoms with Gasteiger partial charge in [-0.1, -0.05) is 42.5 Å². The number of carbonyl (C=O) groups excluding carboxylic acids is 1. The van der Waals surface area contributed by atoms with Crippen LogP contribution in [0.25, 0.3) is 6.08 Å². The number of hydrogen-bond acceptors (Lipinski definition) is 3. The maximum absolute atomic E-state index is 11.9. The fraction of sp³-hybridized carbons (Fsp3) is 0.200. The van der Waals surface area contributed by atoms with E-state index in [1.165, 1.54) is 0 Å². The normalized spacial score (nSPS) is 11.6. The molecule has 0 bridgehead atoms. The second-order valence-electron chi connectivity index (χ2n) is 5.77. The molecule has 2 rings (SSSR count). The summed E-state index contributed by atoms with van der Waals surface area (Å²) in [5.41, 5.74) is 6.60. The topological polar surface area (TPSA) is 50.7 Å². The van der Waals surface area contributed by atoms with Gasteiger partial charge in [0.25, 0.3) is 5.91 Å². The molecule has 0 aromatic heterocycles. The van der Waals surface area contributed by atoms with Gasteiger partial charge in [0, 0.05) is 0 Å². The van der Waals surface area contributed by atoms with E-state index >= 15 is 0 Å². The SMILES string of the molecule is CC(C=NNC(=O)COc1c(C)cc(C)cc1Br)=Cc1ccccc1. The van der Waals surface area contributed by atoms with Gasteiger partial charge in [-0.05, 0) is 65.0 Å². The van der Waals surface area contributed by atoms with Crippen molar-refractivity contribution in [1.82, 2.24) is 5.43 Å². The molecule has 0 unspecified atom stereocenters. The molecule has 0 saturated heterocycles. The fourth-order valence-electron chi connectivity index (χ4n) is 2.31. The fourth-order valence-corrected chi connectivity index (χ4v) is 3.10. The summed E-state index contributed by atoms with van der Waals surface area (Å²) in [6, 6.07) is 13.9. The number of carbonyl (C=O) groups is 1. The molecule has 1 amide bonds. The highest BCUT2D eigenvalue weighted by molar-refractivity contribution is 9.10. The van der Waals surface area contributed by atoms with Gasteiger partial charge in [0.1, 0.15) is 5.75 Å². The van der Waals surface area contributed by atoms with E-state index in [1.807, 2.05) is 69.3 Å². The lowest BCUT2D eigenvalue weighted by atomic mass is 10.1. The minimum atomic E-state index is -0.310. The van der Waals surface area contributed by atoms with E-state index in [4.69, 9.17) is 4.74 Å². The van der Waals surface area contributed by atoms with Crippen LogP contribution in [0.2, 0.25) is 0 Å². The van der Waals surface area contributed by atoms with Crippen LogP contribution in [0.4, 0.5) is 0 Å². The predicted octanol–water partition coefficient (Wildman–Crippen LogP) is 4.65. The van der Waals surface area contributed by atoms with Crippen molar-refractivity contribution >= 4 is 34.1 Å². The van der Waals surface area contributed by atoms with Crippen molar-refractivity contribution in [3.05, 3.63) is 69.2 Å². The van der Waals surface area contributed by atoms with Crippen LogP contribution in [0.1, 0.15) is 23.6 Å². The van der Waals surface area contributed by atoms with Gasteiger partial charge in [-0.3, -0.25) is 4.79 Å². The highest BCUT2D eigenvalue weighted by Gasteiger charge is 2.08. The van der Waals surface area contributed by atoms with Gasteiger partial charge in [-0.2, -0.15) is 5.10 Å². The Morgan fingerprint density at radius 1 is 1.24 bits per heavy atom. The largest absolute Gasteiger partial charge is 0.482 e. The first-order valence-electron chi connectivity index (χ1n) is 7.90. The first-order chi connectivity index (χ1) is 12.0. The Kier molecular flexibility index (Phi) is 6.95. The van der Waals surface area contributed by atoms with Crippen LogP contribution >= 0.6 is 15.9 Å². The molecule has 5 heteroatoms. The number of amides is 1. The number of halogens is 1. The van der Waals surface area contributed by atoms with Crippen molar-refractivity contribution in [3.8, 4) is 5.75 Å². The Morgan fingerprint density at radius 3 is 2.64 bits per heavy atom. The molecule has 0 heterocycles. The van der Waals surface area contributed by atoms with E-state index in [9.17, 15) is 4.79 Å². The molecule has 0 saturated carbocycles. The molecule has 130 valence electrons. The molecule has 4 nitrogen and oxygen atoms in total. The zero-order chi connectivity index (χ0) is 18.2. The maximum Gasteiger partial charge on any atom is 0.277 e. The molecule has 2 aromatic rings. The monoisotopic (exact) mass is 400 g/mol. The number of nitrogens with zero attached hydrogens (tertiary/aromatic N) is 1. The second kappa shape index (κ2) is 9.18. The summed E-state index contributed by atoms with van der Waals surface area (Å²) < 4.78 is 6.43. The number of hydrogen-bond donors (Lipinski definition) is 1. The van der Waals surface area contributed by atoms with E-state index in [0.717, 1.165) is 26.7 Å². The molecule has 1 N–H and O–H groups in total. The number of benzene rings is 2. The number of ether oxygens (including phenoxy) is 1. The van der Waals surface area contributed by atoms with Crippen molar-refractivity contribution in [2.75, 3.05) is 6.61 Å². The van der Waals surface area contributed by atoms with Gasteiger partial charge >= 0.3 is 0 Å². The summed E-state index contributed by atoms with van der Waals surface area (Å²) in [5.74, 6) is 0.362. The van der Waals surface area contributed by atoms with Gasteiger partial charge in [-0.25, -0.2) is 5.43 Å². The number of hydrazone groups is 1. The lowest BCUT2D eigenvalue weighted by Crippen LogP contribution is -2.24. The third-order valence-corrected chi connectivity index (χ3v) is 3.96. The third kappa shape index (κ3) is 6.19. The molecule has 0 aliphatic carbocycles. The van der Waals surface area contributed by atoms with Crippen molar-refractivity contribution in [2.24, 2.45) is 5.10 Å². The average Bonchev–Trinajstić information content (AvgIpc) is 2.54. The zero-order valence-electron chi connectivity index (χ0n) is 14.5. The Hall–Kier alpha value is -2.40. The van der Waals surface area contributed by atoms with Gasteiger partial charge in [-0.15, -0.1) is 0 Å². The van der Waals surface area contributed by atoms with Crippen LogP contribution in [0.5, 0.6) is 5.75 Å². The molecule has 0 atom stereocenters. The lowest BCUT2D eigenvalue weighted by molar-refractivity contribution is -0.123. The standard InChI is InChI=1S/C20H21BrN2O2/c1-14-9-16(3)20(18(21)11-14)25-13-19(24)23-22-12-15(2)10-17-7-5-4-6-8-17/h4-12H,13H2,1-3H3,(H,23,24). The molecule has 0 radical (unpaired) electrons. The quantitative estimate of drug-likeness (QED) is 0.566. The average molecular weight is 401 g/mol. The zero-order valence-corrected chi connectivity index (χ0v) is 16.1. The molecular weight excluding hydrogens is 380 g/mol. The number of aryl methyl sites for hydroxylation is 2. The number of allylic oxidation sites excluding steroid dienone is 1. The summed E-state index contributed by atoms with van der Waals surface area (Å²) in [4.78, 5) is 11.9. The lowest BCUT2D eigenvalue weighted by Gasteiger charge is -2.11. The highest BCUT2D eigenvalue weighted by Crippen LogP contribution is 2.30. The van der Waals surface area contributed by atoms with E-state index in [1.54, 1.807) is 6.21 Å². The smallest absolute Gasteiger partial charge is 0.277 e. The van der Waals surface area contributed by atoms with Crippen LogP contribution in [0.3, 0.4) is 0 Å². The van der Waals surface area contributed by atoms with E-state index < -0.39 is 0 Å². The summed E-state index contributed by atoms with van der Waals surface area (Å²) in [6.07, 6.45) is 3.59.